The van der Waals surface area contributed by atoms with Crippen LogP contribution in [0.15, 0.2) is 54.6 Å². The second-order valence-corrected chi connectivity index (χ2v) is 6.37. The lowest BCUT2D eigenvalue weighted by Crippen LogP contribution is -2.04. The summed E-state index contributed by atoms with van der Waals surface area (Å²) in [7, 11) is -4.46. The van der Waals surface area contributed by atoms with Gasteiger partial charge in [0, 0.05) is 0 Å². The van der Waals surface area contributed by atoms with Crippen molar-refractivity contribution in [2.45, 2.75) is 6.61 Å². The van der Waals surface area contributed by atoms with E-state index in [1.807, 2.05) is 36.4 Å². The molecule has 4 rings (SSSR count). The monoisotopic (exact) mass is 312 g/mol. The standard InChI is InChI=1S/C17H12O4S/c18-22(19,20)21-10-14-9-13-5-1-3-11-7-8-12-4-2-6-15(14)17(12)16(11)13/h1-9H,10H2,(H,18,19,20). The average molecular weight is 312 g/mol. The van der Waals surface area contributed by atoms with Crippen LogP contribution in [0, 0.1) is 0 Å². The van der Waals surface area contributed by atoms with Crippen LogP contribution in [0.4, 0.5) is 0 Å². The molecule has 0 aromatic heterocycles. The molecule has 0 atom stereocenters. The van der Waals surface area contributed by atoms with E-state index in [-0.39, 0.29) is 6.61 Å². The molecule has 4 aromatic rings. The first kappa shape index (κ1) is 13.5. The molecule has 0 aliphatic rings. The topological polar surface area (TPSA) is 63.6 Å². The van der Waals surface area contributed by atoms with Crippen LogP contribution in [0.1, 0.15) is 5.56 Å². The molecule has 0 unspecified atom stereocenters. The van der Waals surface area contributed by atoms with Gasteiger partial charge in [-0.25, -0.2) is 4.18 Å². The molecule has 0 radical (unpaired) electrons. The second-order valence-electron chi connectivity index (χ2n) is 5.27. The van der Waals surface area contributed by atoms with Gasteiger partial charge in [-0.05, 0) is 43.9 Å². The van der Waals surface area contributed by atoms with Crippen LogP contribution in [0.3, 0.4) is 0 Å². The maximum Gasteiger partial charge on any atom is 0.397 e. The van der Waals surface area contributed by atoms with Crippen molar-refractivity contribution >= 4 is 42.7 Å². The Balaban J connectivity index is 2.08. The maximum absolute atomic E-state index is 10.9. The zero-order valence-electron chi connectivity index (χ0n) is 11.5. The number of benzene rings is 4. The van der Waals surface area contributed by atoms with Gasteiger partial charge in [-0.15, -0.1) is 0 Å². The molecule has 0 saturated carbocycles. The molecule has 0 aliphatic heterocycles. The van der Waals surface area contributed by atoms with Gasteiger partial charge in [0.05, 0.1) is 6.61 Å². The van der Waals surface area contributed by atoms with Crippen molar-refractivity contribution in [3.8, 4) is 0 Å². The van der Waals surface area contributed by atoms with Crippen LogP contribution < -0.4 is 0 Å². The number of hydrogen-bond acceptors (Lipinski definition) is 3. The van der Waals surface area contributed by atoms with Crippen molar-refractivity contribution in [1.82, 2.24) is 0 Å². The first-order chi connectivity index (χ1) is 10.5. The highest BCUT2D eigenvalue weighted by molar-refractivity contribution is 7.80. The highest BCUT2D eigenvalue weighted by Gasteiger charge is 2.13. The van der Waals surface area contributed by atoms with Crippen molar-refractivity contribution in [3.05, 3.63) is 60.2 Å². The van der Waals surface area contributed by atoms with E-state index in [0.717, 1.165) is 37.9 Å². The molecular weight excluding hydrogens is 300 g/mol. The van der Waals surface area contributed by atoms with E-state index >= 15 is 0 Å². The summed E-state index contributed by atoms with van der Waals surface area (Å²) in [5, 5.41) is 6.44. The van der Waals surface area contributed by atoms with E-state index in [1.54, 1.807) is 0 Å². The lowest BCUT2D eigenvalue weighted by molar-refractivity contribution is 0.260. The van der Waals surface area contributed by atoms with E-state index < -0.39 is 10.4 Å². The smallest absolute Gasteiger partial charge is 0.264 e. The van der Waals surface area contributed by atoms with Gasteiger partial charge < -0.3 is 0 Å². The van der Waals surface area contributed by atoms with Gasteiger partial charge in [-0.3, -0.25) is 4.55 Å². The van der Waals surface area contributed by atoms with Crippen LogP contribution >= 0.6 is 0 Å². The highest BCUT2D eigenvalue weighted by Crippen LogP contribution is 2.36. The highest BCUT2D eigenvalue weighted by atomic mass is 32.3. The Morgan fingerprint density at radius 2 is 1.50 bits per heavy atom. The van der Waals surface area contributed by atoms with Gasteiger partial charge in [0.1, 0.15) is 0 Å². The molecule has 1 N–H and O–H groups in total. The lowest BCUT2D eigenvalue weighted by atomic mass is 9.91. The van der Waals surface area contributed by atoms with E-state index in [0.29, 0.717) is 0 Å². The molecule has 4 nitrogen and oxygen atoms in total. The Kier molecular flexibility index (Phi) is 2.84. The van der Waals surface area contributed by atoms with Gasteiger partial charge >= 0.3 is 10.4 Å². The van der Waals surface area contributed by atoms with Crippen molar-refractivity contribution in [2.24, 2.45) is 0 Å². The average Bonchev–Trinajstić information content (AvgIpc) is 2.50. The summed E-state index contributed by atoms with van der Waals surface area (Å²) < 4.78 is 35.1. The fourth-order valence-electron chi connectivity index (χ4n) is 3.09. The minimum Gasteiger partial charge on any atom is -0.264 e. The lowest BCUT2D eigenvalue weighted by Gasteiger charge is -2.14. The summed E-state index contributed by atoms with van der Waals surface area (Å²) in [6.07, 6.45) is 0. The van der Waals surface area contributed by atoms with Crippen LogP contribution in [-0.4, -0.2) is 13.0 Å². The molecule has 0 heterocycles. The zero-order valence-corrected chi connectivity index (χ0v) is 12.3. The van der Waals surface area contributed by atoms with Gasteiger partial charge in [-0.2, -0.15) is 8.42 Å². The van der Waals surface area contributed by atoms with E-state index in [1.165, 1.54) is 0 Å². The molecule has 0 spiro atoms. The van der Waals surface area contributed by atoms with E-state index in [4.69, 9.17) is 4.55 Å². The number of hydrogen-bond donors (Lipinski definition) is 1. The molecule has 22 heavy (non-hydrogen) atoms. The molecule has 0 aliphatic carbocycles. The Bertz CT molecular complexity index is 1100. The molecule has 110 valence electrons. The minimum absolute atomic E-state index is 0.192. The van der Waals surface area contributed by atoms with Crippen molar-refractivity contribution in [2.75, 3.05) is 0 Å². The normalized spacial score (nSPS) is 12.6. The van der Waals surface area contributed by atoms with Crippen LogP contribution in [-0.2, 0) is 21.2 Å². The van der Waals surface area contributed by atoms with Gasteiger partial charge in [-0.1, -0.05) is 48.5 Å². The van der Waals surface area contributed by atoms with Crippen LogP contribution in [0.25, 0.3) is 32.3 Å². The minimum atomic E-state index is -4.46. The first-order valence-corrected chi connectivity index (χ1v) is 8.17. The third kappa shape index (κ3) is 2.11. The maximum atomic E-state index is 10.9. The molecule has 0 fully saturated rings. The second kappa shape index (κ2) is 4.64. The Labute approximate surface area is 127 Å². The summed E-state index contributed by atoms with van der Waals surface area (Å²) in [4.78, 5) is 0. The van der Waals surface area contributed by atoms with E-state index in [9.17, 15) is 8.42 Å². The van der Waals surface area contributed by atoms with Crippen LogP contribution in [0.2, 0.25) is 0 Å². The van der Waals surface area contributed by atoms with Gasteiger partial charge in [0.15, 0.2) is 0 Å². The summed E-state index contributed by atoms with van der Waals surface area (Å²) in [6, 6.07) is 18.0. The fraction of sp³-hybridized carbons (Fsp3) is 0.0588. The Hall–Kier alpha value is -2.21. The molecule has 5 heteroatoms. The largest absolute Gasteiger partial charge is 0.397 e. The van der Waals surface area contributed by atoms with Crippen molar-refractivity contribution in [1.29, 1.82) is 0 Å². The number of rotatable bonds is 3. The SMILES string of the molecule is O=S(=O)(O)OCc1cc2cccc3ccc4cccc1c4c32. The summed E-state index contributed by atoms with van der Waals surface area (Å²) >= 11 is 0. The van der Waals surface area contributed by atoms with Gasteiger partial charge in [0.25, 0.3) is 0 Å². The Morgan fingerprint density at radius 3 is 2.23 bits per heavy atom. The molecule has 4 aromatic carbocycles. The molecule has 0 amide bonds. The predicted molar refractivity (Wildman–Crippen MR) is 86.5 cm³/mol. The van der Waals surface area contributed by atoms with Gasteiger partial charge in [0.2, 0.25) is 0 Å². The third-order valence-electron chi connectivity index (χ3n) is 3.96. The first-order valence-electron chi connectivity index (χ1n) is 6.80. The summed E-state index contributed by atoms with van der Waals surface area (Å²) in [5.41, 5.74) is 0.731. The van der Waals surface area contributed by atoms with E-state index in [2.05, 4.69) is 22.4 Å². The van der Waals surface area contributed by atoms with Crippen LogP contribution in [0.5, 0.6) is 0 Å². The predicted octanol–water partition coefficient (Wildman–Crippen LogP) is 3.90. The third-order valence-corrected chi connectivity index (χ3v) is 4.37. The Morgan fingerprint density at radius 1 is 0.864 bits per heavy atom. The molecule has 0 saturated heterocycles. The fourth-order valence-corrected chi connectivity index (χ4v) is 3.37. The zero-order chi connectivity index (χ0) is 15.3. The van der Waals surface area contributed by atoms with Crippen molar-refractivity contribution in [3.63, 3.8) is 0 Å². The summed E-state index contributed by atoms with van der Waals surface area (Å²) in [5.74, 6) is 0. The quantitative estimate of drug-likeness (QED) is 0.460. The van der Waals surface area contributed by atoms with Crippen molar-refractivity contribution < 1.29 is 17.2 Å². The molecule has 0 bridgehead atoms. The summed E-state index contributed by atoms with van der Waals surface area (Å²) in [6.45, 7) is -0.192. The molecular formula is C17H12O4S.